The highest BCUT2D eigenvalue weighted by molar-refractivity contribution is 5.48. The Morgan fingerprint density at radius 3 is 2.15 bits per heavy atom. The second kappa shape index (κ2) is 9.76. The average molecular weight is 184 g/mol. The molecule has 0 aromatic rings. The molecular formula is C12H24O. The summed E-state index contributed by atoms with van der Waals surface area (Å²) in [5.74, 6) is 0.936. The molecule has 0 aromatic carbocycles. The van der Waals surface area contributed by atoms with Gasteiger partial charge in [-0.15, -0.1) is 0 Å². The van der Waals surface area contributed by atoms with Gasteiger partial charge >= 0.3 is 0 Å². The van der Waals surface area contributed by atoms with Crippen molar-refractivity contribution >= 4 is 6.29 Å². The van der Waals surface area contributed by atoms with Gasteiger partial charge in [0.2, 0.25) is 0 Å². The summed E-state index contributed by atoms with van der Waals surface area (Å²) in [5, 5.41) is 0. The lowest BCUT2D eigenvalue weighted by atomic mass is 9.96. The van der Waals surface area contributed by atoms with E-state index in [-0.39, 0.29) is 0 Å². The van der Waals surface area contributed by atoms with E-state index in [1.165, 1.54) is 38.5 Å². The maximum atomic E-state index is 10.0. The maximum Gasteiger partial charge on any atom is 0.119 e. The summed E-state index contributed by atoms with van der Waals surface area (Å²) in [4.78, 5) is 10.0. The molecule has 0 heterocycles. The van der Waals surface area contributed by atoms with E-state index >= 15 is 0 Å². The summed E-state index contributed by atoms with van der Waals surface area (Å²) in [5.41, 5.74) is 0. The van der Waals surface area contributed by atoms with Gasteiger partial charge in [0.25, 0.3) is 0 Å². The Kier molecular flexibility index (Phi) is 9.51. The van der Waals surface area contributed by atoms with Gasteiger partial charge in [0, 0.05) is 6.42 Å². The highest BCUT2D eigenvalue weighted by Crippen LogP contribution is 2.17. The fourth-order valence-corrected chi connectivity index (χ4v) is 1.71. The zero-order chi connectivity index (χ0) is 9.94. The molecule has 0 fully saturated rings. The van der Waals surface area contributed by atoms with E-state index in [4.69, 9.17) is 0 Å². The average Bonchev–Trinajstić information content (AvgIpc) is 2.17. The van der Waals surface area contributed by atoms with Crippen LogP contribution in [0, 0.1) is 5.92 Å². The molecule has 0 bridgehead atoms. The lowest BCUT2D eigenvalue weighted by molar-refractivity contribution is -0.107. The molecule has 1 nitrogen and oxygen atoms in total. The van der Waals surface area contributed by atoms with E-state index < -0.39 is 0 Å². The monoisotopic (exact) mass is 184 g/mol. The van der Waals surface area contributed by atoms with E-state index in [1.807, 2.05) is 0 Å². The number of rotatable bonds is 9. The first-order valence-electron chi connectivity index (χ1n) is 5.78. The highest BCUT2D eigenvalue weighted by Gasteiger charge is 2.01. The smallest absolute Gasteiger partial charge is 0.119 e. The topological polar surface area (TPSA) is 17.1 Å². The van der Waals surface area contributed by atoms with Crippen molar-refractivity contribution in [3.05, 3.63) is 0 Å². The first-order chi connectivity index (χ1) is 6.35. The van der Waals surface area contributed by atoms with Crippen LogP contribution in [0.25, 0.3) is 0 Å². The molecule has 1 heteroatoms. The number of hydrogen-bond donors (Lipinski definition) is 0. The zero-order valence-corrected chi connectivity index (χ0v) is 9.22. The first-order valence-corrected chi connectivity index (χ1v) is 5.78. The normalized spacial score (nSPS) is 10.7. The fourth-order valence-electron chi connectivity index (χ4n) is 1.71. The molecule has 78 valence electrons. The van der Waals surface area contributed by atoms with Crippen LogP contribution >= 0.6 is 0 Å². The number of aldehydes is 1. The van der Waals surface area contributed by atoms with Crippen LogP contribution in [0.1, 0.15) is 65.2 Å². The lowest BCUT2D eigenvalue weighted by Gasteiger charge is -2.10. The third-order valence-corrected chi connectivity index (χ3v) is 2.84. The summed E-state index contributed by atoms with van der Waals surface area (Å²) in [7, 11) is 0. The van der Waals surface area contributed by atoms with Crippen LogP contribution in [-0.4, -0.2) is 6.29 Å². The van der Waals surface area contributed by atoms with E-state index in [2.05, 4.69) is 13.8 Å². The highest BCUT2D eigenvalue weighted by atomic mass is 16.1. The summed E-state index contributed by atoms with van der Waals surface area (Å²) >= 11 is 0. The minimum absolute atomic E-state index is 0.755. The molecule has 0 spiro atoms. The van der Waals surface area contributed by atoms with Crippen LogP contribution < -0.4 is 0 Å². The van der Waals surface area contributed by atoms with Crippen LogP contribution in [0.2, 0.25) is 0 Å². The Labute approximate surface area is 82.9 Å². The van der Waals surface area contributed by atoms with Gasteiger partial charge in [-0.05, 0) is 12.3 Å². The minimum atomic E-state index is 0.755. The predicted molar refractivity (Wildman–Crippen MR) is 57.8 cm³/mol. The Balaban J connectivity index is 3.09. The van der Waals surface area contributed by atoms with Crippen molar-refractivity contribution in [2.24, 2.45) is 5.92 Å². The molecule has 0 atom stereocenters. The van der Waals surface area contributed by atoms with Crippen LogP contribution in [0.3, 0.4) is 0 Å². The molecule has 0 rings (SSSR count). The van der Waals surface area contributed by atoms with Crippen molar-refractivity contribution in [2.75, 3.05) is 0 Å². The largest absolute Gasteiger partial charge is 0.303 e. The van der Waals surface area contributed by atoms with Gasteiger partial charge in [-0.1, -0.05) is 52.4 Å². The molecule has 13 heavy (non-hydrogen) atoms. The minimum Gasteiger partial charge on any atom is -0.303 e. The van der Waals surface area contributed by atoms with Crippen molar-refractivity contribution in [3.63, 3.8) is 0 Å². The fraction of sp³-hybridized carbons (Fsp3) is 0.917. The molecule has 0 saturated heterocycles. The second-order valence-electron chi connectivity index (χ2n) is 3.84. The summed E-state index contributed by atoms with van der Waals surface area (Å²) < 4.78 is 0. The number of hydrogen-bond acceptors (Lipinski definition) is 1. The number of carbonyl (C=O) groups is 1. The van der Waals surface area contributed by atoms with Crippen LogP contribution in [-0.2, 0) is 4.79 Å². The number of unbranched alkanes of at least 4 members (excludes halogenated alkanes) is 4. The van der Waals surface area contributed by atoms with Crippen molar-refractivity contribution < 1.29 is 4.79 Å². The molecule has 0 saturated carbocycles. The van der Waals surface area contributed by atoms with Crippen molar-refractivity contribution in [3.8, 4) is 0 Å². The molecule has 0 aromatic heterocycles. The van der Waals surface area contributed by atoms with Gasteiger partial charge in [0.15, 0.2) is 0 Å². The van der Waals surface area contributed by atoms with Crippen molar-refractivity contribution in [1.82, 2.24) is 0 Å². The van der Waals surface area contributed by atoms with Crippen LogP contribution in [0.15, 0.2) is 0 Å². The molecule has 0 amide bonds. The molecule has 0 aliphatic heterocycles. The summed E-state index contributed by atoms with van der Waals surface area (Å²) in [6.45, 7) is 4.56. The second-order valence-corrected chi connectivity index (χ2v) is 3.84. The molecule has 0 aliphatic rings. The Bertz CT molecular complexity index is 106. The SMILES string of the molecule is CCC(CC)CCCCCCC=O. The van der Waals surface area contributed by atoms with Crippen LogP contribution in [0.5, 0.6) is 0 Å². The summed E-state index contributed by atoms with van der Waals surface area (Å²) in [6.07, 6.45) is 10.8. The molecule has 0 N–H and O–H groups in total. The predicted octanol–water partition coefficient (Wildman–Crippen LogP) is 3.96. The quantitative estimate of drug-likeness (QED) is 0.391. The third-order valence-electron chi connectivity index (χ3n) is 2.84. The first kappa shape index (κ1) is 12.7. The summed E-state index contributed by atoms with van der Waals surface area (Å²) in [6, 6.07) is 0. The lowest BCUT2D eigenvalue weighted by Crippen LogP contribution is -1.96. The molecule has 0 unspecified atom stereocenters. The Morgan fingerprint density at radius 2 is 1.62 bits per heavy atom. The molecular weight excluding hydrogens is 160 g/mol. The van der Waals surface area contributed by atoms with Gasteiger partial charge in [0.05, 0.1) is 0 Å². The zero-order valence-electron chi connectivity index (χ0n) is 9.22. The standard InChI is InChI=1S/C12H24O/c1-3-12(4-2)10-8-6-5-7-9-11-13/h11-12H,3-10H2,1-2H3. The molecule has 0 aliphatic carbocycles. The van der Waals surface area contributed by atoms with Gasteiger partial charge in [0.1, 0.15) is 6.29 Å². The number of carbonyl (C=O) groups excluding carboxylic acids is 1. The maximum absolute atomic E-state index is 10.0. The molecule has 0 radical (unpaired) electrons. The Morgan fingerprint density at radius 1 is 1.00 bits per heavy atom. The van der Waals surface area contributed by atoms with E-state index in [1.54, 1.807) is 0 Å². The van der Waals surface area contributed by atoms with Crippen LogP contribution in [0.4, 0.5) is 0 Å². The van der Waals surface area contributed by atoms with E-state index in [0.29, 0.717) is 0 Å². The van der Waals surface area contributed by atoms with Gasteiger partial charge < -0.3 is 4.79 Å². The van der Waals surface area contributed by atoms with Crippen molar-refractivity contribution in [2.45, 2.75) is 65.2 Å². The Hall–Kier alpha value is -0.330. The van der Waals surface area contributed by atoms with Gasteiger partial charge in [-0.3, -0.25) is 0 Å². The van der Waals surface area contributed by atoms with Crippen molar-refractivity contribution in [1.29, 1.82) is 0 Å². The van der Waals surface area contributed by atoms with Gasteiger partial charge in [-0.2, -0.15) is 0 Å². The van der Waals surface area contributed by atoms with Gasteiger partial charge in [-0.25, -0.2) is 0 Å². The third kappa shape index (κ3) is 8.01. The van der Waals surface area contributed by atoms with E-state index in [0.717, 1.165) is 25.0 Å². The van der Waals surface area contributed by atoms with E-state index in [9.17, 15) is 4.79 Å².